The Balaban J connectivity index is 1.75. The number of rotatable bonds is 2. The Kier molecular flexibility index (Phi) is 3.28. The van der Waals surface area contributed by atoms with E-state index in [0.717, 1.165) is 21.9 Å². The normalized spacial score (nSPS) is 14.0. The number of hydrogen-bond acceptors (Lipinski definition) is 2. The maximum atomic E-state index is 12.4. The summed E-state index contributed by atoms with van der Waals surface area (Å²) in [6.45, 7) is 2.06. The van der Waals surface area contributed by atoms with Gasteiger partial charge in [0.1, 0.15) is 0 Å². The third-order valence-electron chi connectivity index (χ3n) is 4.37. The van der Waals surface area contributed by atoms with E-state index in [4.69, 9.17) is 0 Å². The second-order valence-corrected chi connectivity index (χ2v) is 5.86. The van der Waals surface area contributed by atoms with Crippen molar-refractivity contribution in [3.63, 3.8) is 0 Å². The number of aryl methyl sites for hydroxylation is 1. The Morgan fingerprint density at radius 3 is 2.08 bits per heavy atom. The quantitative estimate of drug-likeness (QED) is 0.657. The molecule has 3 aromatic carbocycles. The predicted molar refractivity (Wildman–Crippen MR) is 94.7 cm³/mol. The molecule has 0 atom stereocenters. The SMILES string of the molecule is Cc1cccc2cccc(/C=C/N3C(=O)c4ccccc4C3=O)c12. The average Bonchev–Trinajstić information content (AvgIpc) is 2.85. The van der Waals surface area contributed by atoms with Crippen molar-refractivity contribution in [1.29, 1.82) is 0 Å². The van der Waals surface area contributed by atoms with Gasteiger partial charge in [0.25, 0.3) is 11.8 Å². The molecule has 1 aliphatic heterocycles. The first kappa shape index (κ1) is 14.4. The maximum Gasteiger partial charge on any atom is 0.265 e. The average molecular weight is 313 g/mol. The molecule has 4 rings (SSSR count). The first-order valence-corrected chi connectivity index (χ1v) is 7.80. The number of benzene rings is 3. The van der Waals surface area contributed by atoms with E-state index in [0.29, 0.717) is 11.1 Å². The first-order valence-electron chi connectivity index (χ1n) is 7.80. The number of imide groups is 1. The van der Waals surface area contributed by atoms with Crippen molar-refractivity contribution >= 4 is 28.7 Å². The van der Waals surface area contributed by atoms with Gasteiger partial charge in [0.2, 0.25) is 0 Å². The first-order chi connectivity index (χ1) is 11.7. The Morgan fingerprint density at radius 2 is 1.42 bits per heavy atom. The Bertz CT molecular complexity index is 977. The van der Waals surface area contributed by atoms with Gasteiger partial charge < -0.3 is 0 Å². The van der Waals surface area contributed by atoms with E-state index in [1.165, 1.54) is 4.90 Å². The predicted octanol–water partition coefficient (Wildman–Crippen LogP) is 4.42. The minimum absolute atomic E-state index is 0.274. The minimum atomic E-state index is -0.274. The van der Waals surface area contributed by atoms with Crippen LogP contribution in [-0.2, 0) is 0 Å². The third kappa shape index (κ3) is 2.14. The standard InChI is InChI=1S/C21H15NO2/c1-14-6-4-7-15-8-5-9-16(19(14)15)12-13-22-20(23)17-10-2-3-11-18(17)21(22)24/h2-13H,1H3/b13-12+. The molecule has 3 nitrogen and oxygen atoms in total. The fraction of sp³-hybridized carbons (Fsp3) is 0.0476. The molecule has 2 amide bonds. The van der Waals surface area contributed by atoms with Crippen molar-refractivity contribution in [1.82, 2.24) is 4.90 Å². The summed E-state index contributed by atoms with van der Waals surface area (Å²) < 4.78 is 0. The molecule has 0 aromatic heterocycles. The molecule has 0 unspecified atom stereocenters. The summed E-state index contributed by atoms with van der Waals surface area (Å²) >= 11 is 0. The number of amides is 2. The lowest BCUT2D eigenvalue weighted by molar-refractivity contribution is 0.0722. The van der Waals surface area contributed by atoms with Gasteiger partial charge in [0, 0.05) is 6.20 Å². The van der Waals surface area contributed by atoms with Crippen LogP contribution in [0.2, 0.25) is 0 Å². The Morgan fingerprint density at radius 1 is 0.792 bits per heavy atom. The summed E-state index contributed by atoms with van der Waals surface area (Å²) in [7, 11) is 0. The second-order valence-electron chi connectivity index (χ2n) is 5.86. The number of nitrogens with zero attached hydrogens (tertiary/aromatic N) is 1. The van der Waals surface area contributed by atoms with Gasteiger partial charge in [-0.25, -0.2) is 4.90 Å². The van der Waals surface area contributed by atoms with Crippen LogP contribution in [0, 0.1) is 6.92 Å². The van der Waals surface area contributed by atoms with Gasteiger partial charge in [0.15, 0.2) is 0 Å². The molecule has 0 saturated heterocycles. The lowest BCUT2D eigenvalue weighted by Gasteiger charge is -2.09. The summed E-state index contributed by atoms with van der Waals surface area (Å²) in [5.41, 5.74) is 3.07. The van der Waals surface area contributed by atoms with E-state index < -0.39 is 0 Å². The molecule has 0 fully saturated rings. The van der Waals surface area contributed by atoms with E-state index >= 15 is 0 Å². The van der Waals surface area contributed by atoms with Gasteiger partial charge in [-0.2, -0.15) is 0 Å². The molecule has 3 aromatic rings. The van der Waals surface area contributed by atoms with Gasteiger partial charge in [-0.15, -0.1) is 0 Å². The summed E-state index contributed by atoms with van der Waals surface area (Å²) in [4.78, 5) is 26.0. The van der Waals surface area contributed by atoms with Crippen molar-refractivity contribution in [3.8, 4) is 0 Å². The van der Waals surface area contributed by atoms with Crippen LogP contribution in [-0.4, -0.2) is 16.7 Å². The van der Waals surface area contributed by atoms with Crippen molar-refractivity contribution < 1.29 is 9.59 Å². The highest BCUT2D eigenvalue weighted by atomic mass is 16.2. The van der Waals surface area contributed by atoms with Crippen LogP contribution in [0.3, 0.4) is 0 Å². The topological polar surface area (TPSA) is 37.4 Å². The molecule has 0 aliphatic carbocycles. The summed E-state index contributed by atoms with van der Waals surface area (Å²) in [6, 6.07) is 19.1. The molecule has 0 bridgehead atoms. The number of fused-ring (bicyclic) bond motifs is 2. The fourth-order valence-electron chi connectivity index (χ4n) is 3.20. The van der Waals surface area contributed by atoms with E-state index in [9.17, 15) is 9.59 Å². The van der Waals surface area contributed by atoms with Crippen LogP contribution < -0.4 is 0 Å². The molecule has 0 spiro atoms. The summed E-state index contributed by atoms with van der Waals surface area (Å²) in [5, 5.41) is 2.27. The monoisotopic (exact) mass is 313 g/mol. The van der Waals surface area contributed by atoms with Gasteiger partial charge in [-0.3, -0.25) is 9.59 Å². The fourth-order valence-corrected chi connectivity index (χ4v) is 3.20. The van der Waals surface area contributed by atoms with Crippen LogP contribution in [0.5, 0.6) is 0 Å². The summed E-state index contributed by atoms with van der Waals surface area (Å²) in [5.74, 6) is -0.549. The maximum absolute atomic E-state index is 12.4. The van der Waals surface area contributed by atoms with Crippen LogP contribution in [0.1, 0.15) is 31.8 Å². The van der Waals surface area contributed by atoms with Crippen LogP contribution in [0.4, 0.5) is 0 Å². The summed E-state index contributed by atoms with van der Waals surface area (Å²) in [6.07, 6.45) is 3.41. The Hall–Kier alpha value is -3.20. The van der Waals surface area contributed by atoms with Gasteiger partial charge >= 0.3 is 0 Å². The highest BCUT2D eigenvalue weighted by Crippen LogP contribution is 2.26. The zero-order valence-corrected chi connectivity index (χ0v) is 13.2. The van der Waals surface area contributed by atoms with Crippen molar-refractivity contribution in [3.05, 3.63) is 89.1 Å². The van der Waals surface area contributed by atoms with E-state index in [1.807, 2.05) is 24.3 Å². The second kappa shape index (κ2) is 5.46. The third-order valence-corrected chi connectivity index (χ3v) is 4.37. The number of carbonyl (C=O) groups is 2. The van der Waals surface area contributed by atoms with Gasteiger partial charge in [-0.05, 0) is 47.0 Å². The molecule has 116 valence electrons. The lowest BCUT2D eigenvalue weighted by atomic mass is 10.00. The molecule has 1 aliphatic rings. The van der Waals surface area contributed by atoms with Crippen molar-refractivity contribution in [2.45, 2.75) is 6.92 Å². The van der Waals surface area contributed by atoms with Crippen LogP contribution in [0.25, 0.3) is 16.8 Å². The van der Waals surface area contributed by atoms with Crippen LogP contribution >= 0.6 is 0 Å². The number of carbonyl (C=O) groups excluding carboxylic acids is 2. The van der Waals surface area contributed by atoms with Gasteiger partial charge in [-0.1, -0.05) is 48.5 Å². The molecule has 24 heavy (non-hydrogen) atoms. The highest BCUT2D eigenvalue weighted by Gasteiger charge is 2.33. The molecule has 0 N–H and O–H groups in total. The van der Waals surface area contributed by atoms with E-state index in [-0.39, 0.29) is 11.8 Å². The molecular weight excluding hydrogens is 298 g/mol. The molecule has 0 radical (unpaired) electrons. The minimum Gasteiger partial charge on any atom is -0.268 e. The smallest absolute Gasteiger partial charge is 0.265 e. The largest absolute Gasteiger partial charge is 0.268 e. The van der Waals surface area contributed by atoms with Gasteiger partial charge in [0.05, 0.1) is 11.1 Å². The van der Waals surface area contributed by atoms with E-state index in [1.54, 1.807) is 30.5 Å². The van der Waals surface area contributed by atoms with E-state index in [2.05, 4.69) is 25.1 Å². The molecular formula is C21H15NO2. The Labute approximate surface area is 139 Å². The molecule has 1 heterocycles. The number of hydrogen-bond donors (Lipinski definition) is 0. The molecule has 3 heteroatoms. The van der Waals surface area contributed by atoms with Crippen LogP contribution in [0.15, 0.2) is 66.9 Å². The van der Waals surface area contributed by atoms with Crippen molar-refractivity contribution in [2.75, 3.05) is 0 Å². The highest BCUT2D eigenvalue weighted by molar-refractivity contribution is 6.22. The zero-order valence-electron chi connectivity index (χ0n) is 13.2. The lowest BCUT2D eigenvalue weighted by Crippen LogP contribution is -2.23. The zero-order chi connectivity index (χ0) is 16.7. The van der Waals surface area contributed by atoms with Crippen molar-refractivity contribution in [2.24, 2.45) is 0 Å². The molecule has 0 saturated carbocycles.